The molecule has 0 fully saturated rings. The minimum atomic E-state index is -0.923. The van der Waals surface area contributed by atoms with Gasteiger partial charge >= 0.3 is 12.1 Å². The minimum absolute atomic E-state index is 0.0544. The van der Waals surface area contributed by atoms with E-state index in [2.05, 4.69) is 0 Å². The van der Waals surface area contributed by atoms with Crippen LogP contribution in [0.25, 0.3) is 0 Å². The molecule has 1 atom stereocenters. The van der Waals surface area contributed by atoms with Gasteiger partial charge in [-0.2, -0.15) is 0 Å². The largest absolute Gasteiger partial charge is 0.444 e. The van der Waals surface area contributed by atoms with Crippen LogP contribution < -0.4 is 4.74 Å². The van der Waals surface area contributed by atoms with Gasteiger partial charge in [-0.05, 0) is 56.2 Å². The number of ether oxygens (including phenoxy) is 2. The molecular weight excluding hydrogens is 429 g/mol. The van der Waals surface area contributed by atoms with Gasteiger partial charge < -0.3 is 19.5 Å². The highest BCUT2D eigenvalue weighted by Gasteiger charge is 2.22. The van der Waals surface area contributed by atoms with E-state index in [-0.39, 0.29) is 6.54 Å². The molecule has 0 saturated heterocycles. The fourth-order valence-corrected chi connectivity index (χ4v) is 2.78. The predicted molar refractivity (Wildman–Crippen MR) is 116 cm³/mol. The predicted octanol–water partition coefficient (Wildman–Crippen LogP) is 5.28. The summed E-state index contributed by atoms with van der Waals surface area (Å²) in [7, 11) is 1.55. The molecule has 8 heteroatoms. The van der Waals surface area contributed by atoms with Gasteiger partial charge in [-0.1, -0.05) is 24.3 Å². The van der Waals surface area contributed by atoms with Crippen molar-refractivity contribution in [1.82, 2.24) is 4.90 Å². The molecule has 0 aliphatic heterocycles. The second-order valence-electron chi connectivity index (χ2n) is 7.76. The number of rotatable bonds is 6. The number of benzene rings is 2. The maximum absolute atomic E-state index is 12.3. The van der Waals surface area contributed by atoms with Crippen molar-refractivity contribution >= 4 is 35.3 Å². The van der Waals surface area contributed by atoms with E-state index in [1.807, 2.05) is 0 Å². The summed E-state index contributed by atoms with van der Waals surface area (Å²) in [5.41, 5.74) is 0.872. The van der Waals surface area contributed by atoms with Crippen molar-refractivity contribution in [2.24, 2.45) is 0 Å². The first-order chi connectivity index (χ1) is 14.0. The number of esters is 1. The number of halogens is 2. The Balaban J connectivity index is 1.98. The topological polar surface area (TPSA) is 76.1 Å². The first-order valence-corrected chi connectivity index (χ1v) is 10.2. The molecule has 0 heterocycles. The Morgan fingerprint density at radius 3 is 2.27 bits per heavy atom. The third-order valence-corrected chi connectivity index (χ3v) is 4.51. The molecule has 1 N–H and O–H groups in total. The molecule has 1 unspecified atom stereocenters. The highest BCUT2D eigenvalue weighted by atomic mass is 35.5. The van der Waals surface area contributed by atoms with E-state index < -0.39 is 28.6 Å². The summed E-state index contributed by atoms with van der Waals surface area (Å²) in [6, 6.07) is 12.9. The Kier molecular flexibility index (Phi) is 8.12. The number of alkyl halides is 2. The Labute approximate surface area is 186 Å². The van der Waals surface area contributed by atoms with Gasteiger partial charge in [-0.3, -0.25) is 0 Å². The molecule has 0 radical (unpaired) electrons. The summed E-state index contributed by atoms with van der Waals surface area (Å²) in [5.74, 6) is -0.237. The molecule has 30 heavy (non-hydrogen) atoms. The molecule has 0 saturated carbocycles. The van der Waals surface area contributed by atoms with Crippen LogP contribution in [0.15, 0.2) is 48.5 Å². The number of amides is 1. The van der Waals surface area contributed by atoms with E-state index in [0.29, 0.717) is 22.4 Å². The quantitative estimate of drug-likeness (QED) is 0.365. The lowest BCUT2D eigenvalue weighted by Gasteiger charge is -2.26. The number of aliphatic hydroxyl groups is 1. The van der Waals surface area contributed by atoms with Crippen molar-refractivity contribution in [1.29, 1.82) is 0 Å². The molecule has 6 nitrogen and oxygen atoms in total. The summed E-state index contributed by atoms with van der Waals surface area (Å²) < 4.78 is 10.6. The van der Waals surface area contributed by atoms with E-state index in [1.54, 1.807) is 76.3 Å². The van der Waals surface area contributed by atoms with Crippen molar-refractivity contribution in [2.45, 2.75) is 37.3 Å². The van der Waals surface area contributed by atoms with E-state index in [4.69, 9.17) is 32.7 Å². The summed E-state index contributed by atoms with van der Waals surface area (Å²) in [6.45, 7) is 5.37. The normalized spacial score (nSPS) is 12.4. The second kappa shape index (κ2) is 10.2. The molecule has 0 bridgehead atoms. The van der Waals surface area contributed by atoms with Crippen molar-refractivity contribution in [3.63, 3.8) is 0 Å². The molecule has 1 amide bonds. The van der Waals surface area contributed by atoms with Crippen LogP contribution in [-0.2, 0) is 4.74 Å². The smallest absolute Gasteiger partial charge is 0.410 e. The first-order valence-electron chi connectivity index (χ1n) is 9.28. The number of aliphatic hydroxyl groups excluding tert-OH is 1. The monoisotopic (exact) mass is 453 g/mol. The summed E-state index contributed by atoms with van der Waals surface area (Å²) in [4.78, 5) is 24.9. The molecule has 2 rings (SSSR count). The molecule has 0 aliphatic rings. The van der Waals surface area contributed by atoms with Crippen LogP contribution in [0, 0.1) is 0 Å². The third-order valence-electron chi connectivity index (χ3n) is 4.00. The van der Waals surface area contributed by atoms with E-state index in [0.717, 1.165) is 0 Å². The fourth-order valence-electron chi connectivity index (χ4n) is 2.50. The lowest BCUT2D eigenvalue weighted by Crippen LogP contribution is -2.36. The lowest BCUT2D eigenvalue weighted by atomic mass is 10.1. The Bertz CT molecular complexity index is 878. The van der Waals surface area contributed by atoms with Gasteiger partial charge in [0.2, 0.25) is 0 Å². The van der Waals surface area contributed by atoms with Crippen LogP contribution in [0.5, 0.6) is 5.75 Å². The maximum Gasteiger partial charge on any atom is 0.410 e. The maximum atomic E-state index is 12.3. The molecule has 162 valence electrons. The average molecular weight is 454 g/mol. The number of carbonyl (C=O) groups is 2. The van der Waals surface area contributed by atoms with Gasteiger partial charge in [-0.15, -0.1) is 23.2 Å². The zero-order valence-corrected chi connectivity index (χ0v) is 18.8. The van der Waals surface area contributed by atoms with Crippen molar-refractivity contribution in [2.75, 3.05) is 13.6 Å². The summed E-state index contributed by atoms with van der Waals surface area (Å²) >= 11 is 11.7. The van der Waals surface area contributed by atoms with Gasteiger partial charge in [-0.25, -0.2) is 9.59 Å². The Morgan fingerprint density at radius 2 is 1.70 bits per heavy atom. The standard InChI is InChI=1S/C22H25Cl2NO5/c1-22(2,3)30-21(28)25(4)13-18(26)14-8-10-17(11-9-14)29-20(27)16-7-5-6-15(12-16)19(23)24/h5-12,18-19,26H,13H2,1-4H3. The van der Waals surface area contributed by atoms with Gasteiger partial charge in [0.1, 0.15) is 16.2 Å². The third kappa shape index (κ3) is 7.20. The van der Waals surface area contributed by atoms with Crippen LogP contribution in [0.4, 0.5) is 4.79 Å². The van der Waals surface area contributed by atoms with Crippen LogP contribution in [-0.4, -0.2) is 41.3 Å². The highest BCUT2D eigenvalue weighted by molar-refractivity contribution is 6.44. The van der Waals surface area contributed by atoms with Gasteiger partial charge in [0, 0.05) is 7.05 Å². The Morgan fingerprint density at radius 1 is 1.07 bits per heavy atom. The summed E-state index contributed by atoms with van der Waals surface area (Å²) in [6.07, 6.45) is -1.45. The molecule has 0 spiro atoms. The first kappa shape index (κ1) is 24.0. The van der Waals surface area contributed by atoms with Gasteiger partial charge in [0.05, 0.1) is 18.2 Å². The van der Waals surface area contributed by atoms with E-state index >= 15 is 0 Å². The molecule has 0 aromatic heterocycles. The number of likely N-dealkylation sites (N-methyl/N-ethyl adjacent to an activating group) is 1. The number of hydrogen-bond acceptors (Lipinski definition) is 5. The average Bonchev–Trinajstić information content (AvgIpc) is 2.67. The van der Waals surface area contributed by atoms with Crippen LogP contribution in [0.1, 0.15) is 53.2 Å². The summed E-state index contributed by atoms with van der Waals surface area (Å²) in [5, 5.41) is 10.4. The minimum Gasteiger partial charge on any atom is -0.444 e. The van der Waals surface area contributed by atoms with Crippen LogP contribution in [0.3, 0.4) is 0 Å². The highest BCUT2D eigenvalue weighted by Crippen LogP contribution is 2.26. The van der Waals surface area contributed by atoms with Crippen LogP contribution in [0.2, 0.25) is 0 Å². The van der Waals surface area contributed by atoms with E-state index in [9.17, 15) is 14.7 Å². The van der Waals surface area contributed by atoms with Crippen molar-refractivity contribution in [3.8, 4) is 5.75 Å². The number of hydrogen-bond donors (Lipinski definition) is 1. The second-order valence-corrected chi connectivity index (χ2v) is 8.86. The molecular formula is C22H25Cl2NO5. The number of nitrogens with zero attached hydrogens (tertiary/aromatic N) is 1. The van der Waals surface area contributed by atoms with Gasteiger partial charge in [0.25, 0.3) is 0 Å². The van der Waals surface area contributed by atoms with E-state index in [1.165, 1.54) is 4.90 Å². The van der Waals surface area contributed by atoms with Crippen molar-refractivity contribution < 1.29 is 24.2 Å². The fraction of sp³-hybridized carbons (Fsp3) is 0.364. The van der Waals surface area contributed by atoms with Crippen LogP contribution >= 0.6 is 23.2 Å². The Hall–Kier alpha value is -2.28. The van der Waals surface area contributed by atoms with Gasteiger partial charge in [0.15, 0.2) is 0 Å². The number of carbonyl (C=O) groups excluding carboxylic acids is 2. The zero-order valence-electron chi connectivity index (χ0n) is 17.3. The molecule has 2 aromatic carbocycles. The van der Waals surface area contributed by atoms with Crippen molar-refractivity contribution in [3.05, 3.63) is 65.2 Å². The molecule has 2 aromatic rings. The zero-order chi connectivity index (χ0) is 22.5. The lowest BCUT2D eigenvalue weighted by molar-refractivity contribution is 0.0205. The SMILES string of the molecule is CN(CC(O)c1ccc(OC(=O)c2cccc(C(Cl)Cl)c2)cc1)C(=O)OC(C)(C)C. The molecule has 0 aliphatic carbocycles.